The minimum Gasteiger partial charge on any atom is -0.481 e. The van der Waals surface area contributed by atoms with Crippen molar-refractivity contribution < 1.29 is 27.9 Å². The molecule has 1 aliphatic heterocycles. The summed E-state index contributed by atoms with van der Waals surface area (Å²) in [6.45, 7) is -0.0137. The van der Waals surface area contributed by atoms with E-state index < -0.39 is 33.6 Å². The predicted molar refractivity (Wildman–Crippen MR) is 106 cm³/mol. The number of hydrogen-bond acceptors (Lipinski definition) is 5. The summed E-state index contributed by atoms with van der Waals surface area (Å²) in [7, 11) is -3.53. The Morgan fingerprint density at radius 2 is 1.62 bits per heavy atom. The van der Waals surface area contributed by atoms with Gasteiger partial charge in [-0.3, -0.25) is 4.79 Å². The molecule has 0 spiro atoms. The van der Waals surface area contributed by atoms with Crippen LogP contribution in [-0.2, 0) is 19.4 Å². The molecule has 1 aliphatic carbocycles. The van der Waals surface area contributed by atoms with Crippen molar-refractivity contribution in [2.24, 2.45) is 0 Å². The van der Waals surface area contributed by atoms with Crippen LogP contribution in [-0.4, -0.2) is 61.2 Å². The molecular weight excluding hydrogens is 394 g/mol. The van der Waals surface area contributed by atoms with Gasteiger partial charge < -0.3 is 14.7 Å². The van der Waals surface area contributed by atoms with Crippen LogP contribution < -0.4 is 0 Å². The highest BCUT2D eigenvalue weighted by Crippen LogP contribution is 2.44. The van der Waals surface area contributed by atoms with E-state index in [0.717, 1.165) is 22.3 Å². The molecule has 1 unspecified atom stereocenters. The van der Waals surface area contributed by atoms with Crippen molar-refractivity contribution in [1.29, 1.82) is 0 Å². The standard InChI is InChI=1S/C21H21NO6S/c23-20(24)11-14-12-22(9-10-29(14,26)27)21(25)28-13-19-17-7-3-1-5-15(17)16-6-2-4-8-18(16)19/h1-8,14,19H,9-13H2,(H,23,24). The topological polar surface area (TPSA) is 101 Å². The van der Waals surface area contributed by atoms with Crippen LogP contribution in [0.15, 0.2) is 48.5 Å². The predicted octanol–water partition coefficient (Wildman–Crippen LogP) is 2.51. The lowest BCUT2D eigenvalue weighted by Crippen LogP contribution is -2.50. The Balaban J connectivity index is 1.47. The van der Waals surface area contributed by atoms with E-state index in [1.807, 2.05) is 48.5 Å². The Morgan fingerprint density at radius 1 is 1.03 bits per heavy atom. The van der Waals surface area contributed by atoms with Crippen molar-refractivity contribution in [3.63, 3.8) is 0 Å². The highest BCUT2D eigenvalue weighted by molar-refractivity contribution is 7.92. The average molecular weight is 415 g/mol. The second-order valence-corrected chi connectivity index (χ2v) is 9.74. The lowest BCUT2D eigenvalue weighted by atomic mass is 9.98. The Bertz CT molecular complexity index is 1020. The minimum absolute atomic E-state index is 0.00905. The highest BCUT2D eigenvalue weighted by Gasteiger charge is 2.37. The van der Waals surface area contributed by atoms with E-state index in [0.29, 0.717) is 0 Å². The third-order valence-corrected chi connectivity index (χ3v) is 7.66. The summed E-state index contributed by atoms with van der Waals surface area (Å²) in [6.07, 6.45) is -1.13. The molecule has 152 valence electrons. The van der Waals surface area contributed by atoms with Gasteiger partial charge in [0.15, 0.2) is 9.84 Å². The van der Waals surface area contributed by atoms with Gasteiger partial charge >= 0.3 is 12.1 Å². The van der Waals surface area contributed by atoms with Crippen LogP contribution in [0.5, 0.6) is 0 Å². The highest BCUT2D eigenvalue weighted by atomic mass is 32.2. The SMILES string of the molecule is O=C(O)CC1CN(C(=O)OCC2c3ccccc3-c3ccccc32)CCS1(=O)=O. The van der Waals surface area contributed by atoms with E-state index in [1.165, 1.54) is 4.90 Å². The maximum absolute atomic E-state index is 12.6. The van der Waals surface area contributed by atoms with Gasteiger partial charge in [0.05, 0.1) is 17.4 Å². The Hall–Kier alpha value is -2.87. The summed E-state index contributed by atoms with van der Waals surface area (Å²) in [5, 5.41) is 7.85. The molecule has 1 atom stereocenters. The quantitative estimate of drug-likeness (QED) is 0.823. The van der Waals surface area contributed by atoms with Gasteiger partial charge in [0.2, 0.25) is 0 Å². The van der Waals surface area contributed by atoms with Gasteiger partial charge in [-0.2, -0.15) is 0 Å². The largest absolute Gasteiger partial charge is 0.481 e. The smallest absolute Gasteiger partial charge is 0.409 e. The molecule has 0 aromatic heterocycles. The van der Waals surface area contributed by atoms with Crippen molar-refractivity contribution in [2.45, 2.75) is 17.6 Å². The zero-order chi connectivity index (χ0) is 20.6. The molecule has 4 rings (SSSR count). The van der Waals surface area contributed by atoms with Crippen LogP contribution in [0, 0.1) is 0 Å². The van der Waals surface area contributed by atoms with E-state index in [-0.39, 0.29) is 31.4 Å². The molecule has 1 N–H and O–H groups in total. The van der Waals surface area contributed by atoms with Crippen LogP contribution in [0.3, 0.4) is 0 Å². The first-order valence-electron chi connectivity index (χ1n) is 9.40. The molecular formula is C21H21NO6S. The van der Waals surface area contributed by atoms with Gasteiger partial charge in [-0.05, 0) is 22.3 Å². The first-order valence-corrected chi connectivity index (χ1v) is 11.1. The molecule has 1 fully saturated rings. The Morgan fingerprint density at radius 3 is 2.21 bits per heavy atom. The molecule has 0 saturated carbocycles. The molecule has 2 aromatic carbocycles. The summed E-state index contributed by atoms with van der Waals surface area (Å²) in [4.78, 5) is 24.8. The van der Waals surface area contributed by atoms with E-state index in [4.69, 9.17) is 9.84 Å². The van der Waals surface area contributed by atoms with Crippen LogP contribution in [0.2, 0.25) is 0 Å². The summed E-state index contributed by atoms with van der Waals surface area (Å²) in [6, 6.07) is 16.0. The van der Waals surface area contributed by atoms with Gasteiger partial charge in [0, 0.05) is 19.0 Å². The number of carbonyl (C=O) groups excluding carboxylic acids is 1. The maximum Gasteiger partial charge on any atom is 0.409 e. The summed E-state index contributed by atoms with van der Waals surface area (Å²) in [5.74, 6) is -1.54. The number of amides is 1. The molecule has 7 nitrogen and oxygen atoms in total. The van der Waals surface area contributed by atoms with Gasteiger partial charge in [-0.15, -0.1) is 0 Å². The maximum atomic E-state index is 12.6. The number of ether oxygens (including phenoxy) is 1. The number of nitrogens with zero attached hydrogens (tertiary/aromatic N) is 1. The van der Waals surface area contributed by atoms with Gasteiger partial charge in [-0.25, -0.2) is 13.2 Å². The van der Waals surface area contributed by atoms with Crippen molar-refractivity contribution in [1.82, 2.24) is 4.90 Å². The molecule has 1 amide bonds. The number of carboxylic acids is 1. The van der Waals surface area contributed by atoms with Crippen LogP contribution in [0.25, 0.3) is 11.1 Å². The Labute approximate surface area is 168 Å². The first kappa shape index (κ1) is 19.4. The number of fused-ring (bicyclic) bond motifs is 3. The van der Waals surface area contributed by atoms with Gasteiger partial charge in [0.1, 0.15) is 6.61 Å². The van der Waals surface area contributed by atoms with Gasteiger partial charge in [0.25, 0.3) is 0 Å². The van der Waals surface area contributed by atoms with Crippen molar-refractivity contribution in [3.8, 4) is 11.1 Å². The summed E-state index contributed by atoms with van der Waals surface area (Å²) >= 11 is 0. The molecule has 2 aliphatic rings. The average Bonchev–Trinajstić information content (AvgIpc) is 3.01. The molecule has 8 heteroatoms. The fourth-order valence-corrected chi connectivity index (χ4v) is 5.70. The molecule has 1 saturated heterocycles. The zero-order valence-electron chi connectivity index (χ0n) is 15.7. The normalized spacial score (nSPS) is 20.0. The lowest BCUT2D eigenvalue weighted by Gasteiger charge is -2.31. The van der Waals surface area contributed by atoms with E-state index >= 15 is 0 Å². The second kappa shape index (κ2) is 7.51. The molecule has 0 bridgehead atoms. The van der Waals surface area contributed by atoms with Crippen molar-refractivity contribution >= 4 is 21.9 Å². The van der Waals surface area contributed by atoms with Crippen molar-refractivity contribution in [2.75, 3.05) is 25.4 Å². The molecule has 2 aromatic rings. The number of hydrogen-bond donors (Lipinski definition) is 1. The fourth-order valence-electron chi connectivity index (χ4n) is 4.09. The number of benzene rings is 2. The Kier molecular flexibility index (Phi) is 5.04. The lowest BCUT2D eigenvalue weighted by molar-refractivity contribution is -0.137. The summed E-state index contributed by atoms with van der Waals surface area (Å²) < 4.78 is 29.7. The third kappa shape index (κ3) is 3.72. The van der Waals surface area contributed by atoms with Crippen LogP contribution in [0.1, 0.15) is 23.5 Å². The number of sulfone groups is 1. The third-order valence-electron chi connectivity index (χ3n) is 5.57. The van der Waals surface area contributed by atoms with E-state index in [9.17, 15) is 18.0 Å². The summed E-state index contributed by atoms with van der Waals surface area (Å²) in [5.41, 5.74) is 4.42. The molecule has 29 heavy (non-hydrogen) atoms. The van der Waals surface area contributed by atoms with E-state index in [1.54, 1.807) is 0 Å². The number of aliphatic carboxylic acids is 1. The number of rotatable bonds is 4. The number of carboxylic acid groups (broad SMARTS) is 1. The monoisotopic (exact) mass is 415 g/mol. The zero-order valence-corrected chi connectivity index (χ0v) is 16.5. The first-order chi connectivity index (χ1) is 13.9. The molecule has 1 heterocycles. The molecule has 0 radical (unpaired) electrons. The van der Waals surface area contributed by atoms with Crippen LogP contribution >= 0.6 is 0 Å². The van der Waals surface area contributed by atoms with Crippen molar-refractivity contribution in [3.05, 3.63) is 59.7 Å². The number of carbonyl (C=O) groups is 2. The van der Waals surface area contributed by atoms with E-state index in [2.05, 4.69) is 0 Å². The van der Waals surface area contributed by atoms with Gasteiger partial charge in [-0.1, -0.05) is 48.5 Å². The fraction of sp³-hybridized carbons (Fsp3) is 0.333. The minimum atomic E-state index is -3.53. The second-order valence-electron chi connectivity index (χ2n) is 7.34. The van der Waals surface area contributed by atoms with Crippen LogP contribution in [0.4, 0.5) is 4.79 Å².